The largest absolute Gasteiger partial charge is 0.318 e. The van der Waals surface area contributed by atoms with Gasteiger partial charge in [0.1, 0.15) is 0 Å². The first-order valence-electron chi connectivity index (χ1n) is 1.84. The van der Waals surface area contributed by atoms with Crippen LogP contribution in [0.25, 0.3) is 0 Å². The van der Waals surface area contributed by atoms with Crippen LogP contribution in [0.15, 0.2) is 0 Å². The summed E-state index contributed by atoms with van der Waals surface area (Å²) in [4.78, 5) is 0. The Labute approximate surface area is 42.9 Å². The van der Waals surface area contributed by atoms with Gasteiger partial charge in [0.25, 0.3) is 0 Å². The van der Waals surface area contributed by atoms with Gasteiger partial charge in [0.2, 0.25) is 0 Å². The van der Waals surface area contributed by atoms with Crippen LogP contribution in [-0.2, 0) is 0 Å². The van der Waals surface area contributed by atoms with Gasteiger partial charge in [-0.25, -0.2) is 5.43 Å². The van der Waals surface area contributed by atoms with Crippen molar-refractivity contribution in [1.29, 1.82) is 0 Å². The van der Waals surface area contributed by atoms with Gasteiger partial charge in [-0.05, 0) is 0 Å². The van der Waals surface area contributed by atoms with Gasteiger partial charge in [-0.3, -0.25) is 0 Å². The summed E-state index contributed by atoms with van der Waals surface area (Å²) in [6.07, 6.45) is 0. The molecule has 0 aromatic heterocycles. The standard InChI is InChI=1S/C3H8N2S/c1-2-4-5-3-6/h3-4H,2H2,1H3,(H,5,6). The Balaban J connectivity index is 2.49. The number of hydrazine groups is 1. The van der Waals surface area contributed by atoms with Crippen molar-refractivity contribution >= 4 is 17.7 Å². The van der Waals surface area contributed by atoms with E-state index in [9.17, 15) is 0 Å². The highest BCUT2D eigenvalue weighted by molar-refractivity contribution is 7.78. The molecule has 0 saturated carbocycles. The molecule has 0 heterocycles. The summed E-state index contributed by atoms with van der Waals surface area (Å²) >= 11 is 4.42. The topological polar surface area (TPSA) is 24.1 Å². The minimum atomic E-state index is 0.896. The Kier molecular flexibility index (Phi) is 4.73. The maximum absolute atomic E-state index is 4.42. The van der Waals surface area contributed by atoms with Gasteiger partial charge in [-0.1, -0.05) is 19.1 Å². The SMILES string of the molecule is CCNNC=S. The van der Waals surface area contributed by atoms with E-state index < -0.39 is 0 Å². The fourth-order valence-electron chi connectivity index (χ4n) is 0.144. The predicted octanol–water partition coefficient (Wildman–Crippen LogP) is 0.0577. The van der Waals surface area contributed by atoms with E-state index in [0.29, 0.717) is 0 Å². The highest BCUT2D eigenvalue weighted by Gasteiger charge is 1.63. The average molecular weight is 104 g/mol. The number of thiocarbonyl (C=S) groups is 1. The van der Waals surface area contributed by atoms with Crippen molar-refractivity contribution in [2.75, 3.05) is 6.54 Å². The lowest BCUT2D eigenvalue weighted by Gasteiger charge is -1.92. The second-order valence-electron chi connectivity index (χ2n) is 0.793. The first-order chi connectivity index (χ1) is 2.91. The van der Waals surface area contributed by atoms with Gasteiger partial charge >= 0.3 is 0 Å². The molecule has 0 saturated heterocycles. The second kappa shape index (κ2) is 4.85. The van der Waals surface area contributed by atoms with Gasteiger partial charge in [0, 0.05) is 6.54 Å². The molecule has 0 aromatic carbocycles. The van der Waals surface area contributed by atoms with E-state index in [-0.39, 0.29) is 0 Å². The van der Waals surface area contributed by atoms with E-state index in [1.165, 1.54) is 5.49 Å². The van der Waals surface area contributed by atoms with Crippen molar-refractivity contribution in [1.82, 2.24) is 10.9 Å². The number of hydrogen-bond donors (Lipinski definition) is 2. The monoisotopic (exact) mass is 104 g/mol. The molecule has 0 radical (unpaired) electrons. The van der Waals surface area contributed by atoms with Gasteiger partial charge in [0.15, 0.2) is 0 Å². The third-order valence-electron chi connectivity index (χ3n) is 0.338. The summed E-state index contributed by atoms with van der Waals surface area (Å²) in [5.74, 6) is 0. The van der Waals surface area contributed by atoms with Crippen LogP contribution >= 0.6 is 12.2 Å². The zero-order valence-electron chi connectivity index (χ0n) is 3.69. The molecule has 0 aliphatic heterocycles. The molecule has 0 bridgehead atoms. The second-order valence-corrected chi connectivity index (χ2v) is 1.03. The zero-order valence-corrected chi connectivity index (χ0v) is 4.51. The lowest BCUT2D eigenvalue weighted by atomic mass is 10.8. The highest BCUT2D eigenvalue weighted by atomic mass is 32.1. The van der Waals surface area contributed by atoms with Crippen LogP contribution < -0.4 is 10.9 Å². The van der Waals surface area contributed by atoms with E-state index in [1.807, 2.05) is 6.92 Å². The molecule has 0 spiro atoms. The molecular weight excluding hydrogens is 96.1 g/mol. The molecular formula is C3H8N2S. The Morgan fingerprint density at radius 2 is 2.50 bits per heavy atom. The minimum absolute atomic E-state index is 0.896. The van der Waals surface area contributed by atoms with Crippen LogP contribution in [0.4, 0.5) is 0 Å². The quantitative estimate of drug-likeness (QED) is 0.301. The summed E-state index contributed by atoms with van der Waals surface area (Å²) in [5.41, 5.74) is 6.86. The third-order valence-corrected chi connectivity index (χ3v) is 0.456. The van der Waals surface area contributed by atoms with Crippen LogP contribution in [0.5, 0.6) is 0 Å². The molecule has 0 aromatic rings. The van der Waals surface area contributed by atoms with Crippen molar-refractivity contribution in [2.24, 2.45) is 0 Å². The smallest absolute Gasteiger partial charge is 0.0757 e. The molecule has 0 aliphatic rings. The van der Waals surface area contributed by atoms with Gasteiger partial charge < -0.3 is 5.43 Å². The Morgan fingerprint density at radius 1 is 1.83 bits per heavy atom. The molecule has 3 heteroatoms. The van der Waals surface area contributed by atoms with Crippen LogP contribution in [0.2, 0.25) is 0 Å². The molecule has 2 nitrogen and oxygen atoms in total. The van der Waals surface area contributed by atoms with Crippen molar-refractivity contribution < 1.29 is 0 Å². The molecule has 6 heavy (non-hydrogen) atoms. The summed E-state index contributed by atoms with van der Waals surface area (Å²) < 4.78 is 0. The third kappa shape index (κ3) is 3.85. The number of hydrogen-bond acceptors (Lipinski definition) is 2. The molecule has 2 N–H and O–H groups in total. The van der Waals surface area contributed by atoms with E-state index in [0.717, 1.165) is 6.54 Å². The zero-order chi connectivity index (χ0) is 4.83. The van der Waals surface area contributed by atoms with Crippen molar-refractivity contribution in [3.63, 3.8) is 0 Å². The highest BCUT2D eigenvalue weighted by Crippen LogP contribution is 1.41. The van der Waals surface area contributed by atoms with Crippen molar-refractivity contribution in [2.45, 2.75) is 6.92 Å². The number of rotatable bonds is 3. The van der Waals surface area contributed by atoms with Crippen molar-refractivity contribution in [3.05, 3.63) is 0 Å². The van der Waals surface area contributed by atoms with Crippen LogP contribution in [-0.4, -0.2) is 12.0 Å². The molecule has 0 unspecified atom stereocenters. The summed E-state index contributed by atoms with van der Waals surface area (Å²) in [6, 6.07) is 0. The lowest BCUT2D eigenvalue weighted by Crippen LogP contribution is -2.28. The Bertz CT molecular complexity index is 37.8. The van der Waals surface area contributed by atoms with Crippen LogP contribution in [0.1, 0.15) is 6.92 Å². The minimum Gasteiger partial charge on any atom is -0.318 e. The van der Waals surface area contributed by atoms with Crippen LogP contribution in [0, 0.1) is 0 Å². The van der Waals surface area contributed by atoms with E-state index in [4.69, 9.17) is 0 Å². The van der Waals surface area contributed by atoms with Gasteiger partial charge in [0.05, 0.1) is 5.49 Å². The fraction of sp³-hybridized carbons (Fsp3) is 0.667. The predicted molar refractivity (Wildman–Crippen MR) is 30.5 cm³/mol. The van der Waals surface area contributed by atoms with Gasteiger partial charge in [-0.2, -0.15) is 0 Å². The lowest BCUT2D eigenvalue weighted by molar-refractivity contribution is 0.699. The molecule has 0 atom stereocenters. The maximum Gasteiger partial charge on any atom is 0.0757 e. The first-order valence-corrected chi connectivity index (χ1v) is 2.31. The molecule has 36 valence electrons. The van der Waals surface area contributed by atoms with Gasteiger partial charge in [-0.15, -0.1) is 0 Å². The van der Waals surface area contributed by atoms with E-state index in [2.05, 4.69) is 23.1 Å². The maximum atomic E-state index is 4.42. The Hall–Kier alpha value is -0.150. The average Bonchev–Trinajstić information content (AvgIpc) is 1.61. The molecule has 0 fully saturated rings. The fourth-order valence-corrected chi connectivity index (χ4v) is 0.227. The van der Waals surface area contributed by atoms with E-state index in [1.54, 1.807) is 0 Å². The summed E-state index contributed by atoms with van der Waals surface area (Å²) in [7, 11) is 0. The summed E-state index contributed by atoms with van der Waals surface area (Å²) in [5, 5.41) is 0. The Morgan fingerprint density at radius 3 is 2.67 bits per heavy atom. The van der Waals surface area contributed by atoms with Crippen molar-refractivity contribution in [3.8, 4) is 0 Å². The van der Waals surface area contributed by atoms with Crippen LogP contribution in [0.3, 0.4) is 0 Å². The first kappa shape index (κ1) is 5.85. The summed E-state index contributed by atoms with van der Waals surface area (Å²) in [6.45, 7) is 2.89. The molecule has 0 aliphatic carbocycles. The number of nitrogens with one attached hydrogen (secondary N) is 2. The molecule has 0 amide bonds. The molecule has 0 rings (SSSR count). The van der Waals surface area contributed by atoms with E-state index >= 15 is 0 Å². The normalized spacial score (nSPS) is 7.50.